The average molecular weight is 539 g/mol. The monoisotopic (exact) mass is 539 g/mol. The van der Waals surface area contributed by atoms with Gasteiger partial charge in [0.2, 0.25) is 0 Å². The minimum atomic E-state index is -5.26. The minimum Gasteiger partial charge on any atom is -0.756 e. The van der Waals surface area contributed by atoms with E-state index in [0.29, 0.717) is 11.0 Å². The number of phosphoric ester groups is 1. The van der Waals surface area contributed by atoms with Crippen molar-refractivity contribution < 1.29 is 43.0 Å². The maximum Gasteiger partial charge on any atom is 0.349 e. The quantitative estimate of drug-likeness (QED) is 0.167. The van der Waals surface area contributed by atoms with Crippen molar-refractivity contribution in [3.05, 3.63) is 44.1 Å². The molecule has 0 bridgehead atoms. The molecule has 3 rings (SSSR count). The molecule has 200 valence electrons. The first-order chi connectivity index (χ1) is 17.2. The number of fused-ring (bicyclic) bond motifs is 2. The number of benzene rings is 1. The van der Waals surface area contributed by atoms with E-state index in [4.69, 9.17) is 14.4 Å². The van der Waals surface area contributed by atoms with E-state index in [0.717, 1.165) is 25.0 Å². The fourth-order valence-corrected chi connectivity index (χ4v) is 4.04. The highest BCUT2D eigenvalue weighted by molar-refractivity contribution is 7.44. The van der Waals surface area contributed by atoms with E-state index in [1.807, 2.05) is 11.9 Å². The molecule has 0 radical (unpaired) electrons. The number of phosphoric acid groups is 1. The number of aliphatic hydroxyl groups is 1. The van der Waals surface area contributed by atoms with Crippen LogP contribution in [0.5, 0.6) is 0 Å². The van der Waals surface area contributed by atoms with Crippen molar-refractivity contribution in [2.75, 3.05) is 6.61 Å². The van der Waals surface area contributed by atoms with Gasteiger partial charge < -0.3 is 33.5 Å². The Kier molecular flexibility index (Phi) is 8.25. The van der Waals surface area contributed by atoms with E-state index in [2.05, 4.69) is 14.5 Å². The summed E-state index contributed by atoms with van der Waals surface area (Å²) in [4.78, 5) is 78.4. The van der Waals surface area contributed by atoms with Crippen molar-refractivity contribution in [1.29, 1.82) is 0 Å². The Bertz CT molecular complexity index is 1480. The van der Waals surface area contributed by atoms with Gasteiger partial charge in [0.25, 0.3) is 13.4 Å². The predicted molar refractivity (Wildman–Crippen MR) is 123 cm³/mol. The molecule has 2 aliphatic rings. The van der Waals surface area contributed by atoms with E-state index in [1.165, 1.54) is 4.57 Å². The number of aromatic nitrogens is 4. The molecule has 2 heterocycles. The SMILES string of the molecule is CC(=O)O[C@H]([C@H](O)COP(=O)([O-])O)[C@H](Cn1c2nc(=O)[nH]c(=O)c-2nc2cc(C)c(C)cc21)OC(C)=O. The Morgan fingerprint density at radius 2 is 1.76 bits per heavy atom. The molecule has 15 nitrogen and oxygen atoms in total. The zero-order chi connectivity index (χ0) is 27.7. The Labute approximate surface area is 208 Å². The molecule has 1 aromatic carbocycles. The highest BCUT2D eigenvalue weighted by Gasteiger charge is 2.36. The molecule has 37 heavy (non-hydrogen) atoms. The standard InChI is InChI=1S/C21H25N4O11P/c1-9-5-13-14(6-10(9)2)25(19-17(22-13)20(29)24-21(30)23-19)7-16(35-11(3)26)18(36-12(4)27)15(28)8-34-37(31,32)33/h5-6,15-16,18,28H,7-8H2,1-4H3,(H,24,29,30)(H2,31,32,33)/p-1/t15-,16+,18-/m1/s1. The maximum atomic E-state index is 12.5. The number of hydrogen-bond donors (Lipinski definition) is 3. The lowest BCUT2D eigenvalue weighted by Gasteiger charge is -2.32. The second-order valence-corrected chi connectivity index (χ2v) is 9.44. The highest BCUT2D eigenvalue weighted by atomic mass is 31.2. The van der Waals surface area contributed by atoms with Crippen LogP contribution in [0.1, 0.15) is 25.0 Å². The number of ether oxygens (including phenoxy) is 2. The molecule has 0 amide bonds. The van der Waals surface area contributed by atoms with Crippen LogP contribution in [0.15, 0.2) is 21.7 Å². The third-order valence-electron chi connectivity index (χ3n) is 5.36. The molecule has 1 aromatic rings. The van der Waals surface area contributed by atoms with Crippen LogP contribution in [-0.2, 0) is 34.7 Å². The molecule has 1 unspecified atom stereocenters. The summed E-state index contributed by atoms with van der Waals surface area (Å²) in [7, 11) is -5.26. The van der Waals surface area contributed by atoms with Gasteiger partial charge >= 0.3 is 17.6 Å². The molecule has 3 N–H and O–H groups in total. The number of nitrogens with zero attached hydrogens (tertiary/aromatic N) is 3. The zero-order valence-corrected chi connectivity index (χ0v) is 21.1. The maximum absolute atomic E-state index is 12.5. The van der Waals surface area contributed by atoms with Crippen LogP contribution in [-0.4, -0.2) is 66.4 Å². The van der Waals surface area contributed by atoms with Crippen LogP contribution >= 0.6 is 7.82 Å². The summed E-state index contributed by atoms with van der Waals surface area (Å²) in [5.41, 5.74) is 0.311. The van der Waals surface area contributed by atoms with Crippen molar-refractivity contribution >= 4 is 30.8 Å². The van der Waals surface area contributed by atoms with E-state index in [1.54, 1.807) is 19.1 Å². The molecule has 16 heteroatoms. The van der Waals surface area contributed by atoms with E-state index < -0.39 is 62.5 Å². The lowest BCUT2D eigenvalue weighted by atomic mass is 10.1. The molecule has 0 saturated carbocycles. The number of carbonyl (C=O) groups excluding carboxylic acids is 2. The fourth-order valence-electron chi connectivity index (χ4n) is 3.70. The van der Waals surface area contributed by atoms with Gasteiger partial charge in [-0.25, -0.2) is 9.78 Å². The van der Waals surface area contributed by atoms with Gasteiger partial charge in [-0.2, -0.15) is 4.98 Å². The molecule has 4 atom stereocenters. The highest BCUT2D eigenvalue weighted by Crippen LogP contribution is 2.31. The summed E-state index contributed by atoms with van der Waals surface area (Å²) >= 11 is 0. The lowest BCUT2D eigenvalue weighted by molar-refractivity contribution is -0.224. The molecule has 0 spiro atoms. The van der Waals surface area contributed by atoms with Crippen molar-refractivity contribution in [1.82, 2.24) is 19.5 Å². The van der Waals surface area contributed by atoms with Crippen LogP contribution in [0.3, 0.4) is 0 Å². The predicted octanol–water partition coefficient (Wildman–Crippen LogP) is -1.10. The number of H-pyrrole nitrogens is 1. The first-order valence-electron chi connectivity index (χ1n) is 10.8. The van der Waals surface area contributed by atoms with Gasteiger partial charge in [-0.15, -0.1) is 0 Å². The Hall–Kier alpha value is -3.49. The van der Waals surface area contributed by atoms with Crippen LogP contribution in [0.2, 0.25) is 0 Å². The molecule has 0 aromatic heterocycles. The van der Waals surface area contributed by atoms with Crippen molar-refractivity contribution in [2.24, 2.45) is 0 Å². The third kappa shape index (κ3) is 6.84. The number of aryl methyl sites for hydroxylation is 2. The summed E-state index contributed by atoms with van der Waals surface area (Å²) in [6, 6.07) is 3.38. The van der Waals surface area contributed by atoms with E-state index >= 15 is 0 Å². The Morgan fingerprint density at radius 3 is 2.35 bits per heavy atom. The summed E-state index contributed by atoms with van der Waals surface area (Å²) in [6.45, 7) is 4.18. The van der Waals surface area contributed by atoms with Crippen molar-refractivity contribution in [2.45, 2.75) is 52.6 Å². The van der Waals surface area contributed by atoms with Gasteiger partial charge in [-0.3, -0.25) is 23.9 Å². The van der Waals surface area contributed by atoms with Crippen LogP contribution in [0.4, 0.5) is 0 Å². The summed E-state index contributed by atoms with van der Waals surface area (Å²) in [6.07, 6.45) is -5.13. The number of esters is 2. The number of rotatable bonds is 9. The van der Waals surface area contributed by atoms with Crippen LogP contribution in [0, 0.1) is 13.8 Å². The molecule has 0 saturated heterocycles. The van der Waals surface area contributed by atoms with E-state index in [-0.39, 0.29) is 11.5 Å². The van der Waals surface area contributed by atoms with Crippen molar-refractivity contribution in [3.63, 3.8) is 0 Å². The number of carbonyl (C=O) groups is 2. The number of hydrogen-bond acceptors (Lipinski definition) is 12. The Balaban J connectivity index is 2.22. The van der Waals surface area contributed by atoms with E-state index in [9.17, 15) is 33.7 Å². The minimum absolute atomic E-state index is 0.187. The largest absolute Gasteiger partial charge is 0.756 e. The number of aliphatic hydroxyl groups excluding tert-OH is 1. The molecular weight excluding hydrogens is 515 g/mol. The lowest BCUT2D eigenvalue weighted by Crippen LogP contribution is -2.47. The summed E-state index contributed by atoms with van der Waals surface area (Å²) in [5, 5.41) is 10.6. The topological polar surface area (TPSA) is 223 Å². The van der Waals surface area contributed by atoms with Gasteiger partial charge in [0.1, 0.15) is 6.10 Å². The average Bonchev–Trinajstić information content (AvgIpc) is 2.76. The summed E-state index contributed by atoms with van der Waals surface area (Å²) in [5.74, 6) is -1.97. The van der Waals surface area contributed by atoms with Gasteiger partial charge in [-0.05, 0) is 37.1 Å². The second-order valence-electron chi connectivity index (χ2n) is 8.24. The normalized spacial score (nSPS) is 15.6. The first kappa shape index (κ1) is 28.1. The van der Waals surface area contributed by atoms with Gasteiger partial charge in [0, 0.05) is 13.8 Å². The smallest absolute Gasteiger partial charge is 0.349 e. The third-order valence-corrected chi connectivity index (χ3v) is 5.84. The van der Waals surface area contributed by atoms with Gasteiger partial charge in [0.05, 0.1) is 24.2 Å². The van der Waals surface area contributed by atoms with Crippen LogP contribution < -0.4 is 16.1 Å². The fraction of sp³-hybridized carbons (Fsp3) is 0.429. The number of aromatic amines is 1. The molecule has 2 aliphatic heterocycles. The molecular formula is C21H24N4O11P-. The molecule has 0 fully saturated rings. The number of nitrogens with one attached hydrogen (secondary N) is 1. The summed E-state index contributed by atoms with van der Waals surface area (Å²) < 4.78 is 27.0. The van der Waals surface area contributed by atoms with Gasteiger partial charge in [0.15, 0.2) is 23.7 Å². The molecule has 0 aliphatic carbocycles. The van der Waals surface area contributed by atoms with Crippen LogP contribution in [0.25, 0.3) is 22.6 Å². The Morgan fingerprint density at radius 1 is 1.14 bits per heavy atom. The van der Waals surface area contributed by atoms with Gasteiger partial charge in [-0.1, -0.05) is 0 Å². The second kappa shape index (κ2) is 10.9. The van der Waals surface area contributed by atoms with Crippen molar-refractivity contribution in [3.8, 4) is 11.5 Å². The first-order valence-corrected chi connectivity index (χ1v) is 12.3. The zero-order valence-electron chi connectivity index (χ0n) is 20.2.